The van der Waals surface area contributed by atoms with Gasteiger partial charge in [0.25, 0.3) is 5.91 Å². The quantitative estimate of drug-likeness (QED) is 0.786. The number of hydrogen-bond donors (Lipinski definition) is 0. The zero-order chi connectivity index (χ0) is 13.4. The van der Waals surface area contributed by atoms with Crippen molar-refractivity contribution in [2.24, 2.45) is 0 Å². The van der Waals surface area contributed by atoms with Crippen LogP contribution in [0, 0.1) is 6.92 Å². The number of carbonyl (C=O) groups excluding carboxylic acids is 1. The van der Waals surface area contributed by atoms with Gasteiger partial charge in [0.2, 0.25) is 0 Å². The van der Waals surface area contributed by atoms with Crippen molar-refractivity contribution in [2.75, 3.05) is 33.2 Å². The first-order valence-electron chi connectivity index (χ1n) is 6.63. The van der Waals surface area contributed by atoms with Gasteiger partial charge in [-0.25, -0.2) is 0 Å². The number of furan rings is 1. The smallest absolute Gasteiger partial charge is 0.289 e. The number of rotatable bonds is 1. The Morgan fingerprint density at radius 1 is 1.16 bits per heavy atom. The third-order valence-corrected chi connectivity index (χ3v) is 3.83. The third-order valence-electron chi connectivity index (χ3n) is 3.83. The van der Waals surface area contributed by atoms with Gasteiger partial charge in [-0.15, -0.1) is 0 Å². The van der Waals surface area contributed by atoms with Crippen molar-refractivity contribution in [2.45, 2.75) is 6.92 Å². The van der Waals surface area contributed by atoms with Crippen molar-refractivity contribution in [3.8, 4) is 0 Å². The van der Waals surface area contributed by atoms with E-state index in [2.05, 4.69) is 11.9 Å². The highest BCUT2D eigenvalue weighted by molar-refractivity contribution is 5.98. The second-order valence-corrected chi connectivity index (χ2v) is 5.15. The summed E-state index contributed by atoms with van der Waals surface area (Å²) < 4.78 is 5.74. The minimum atomic E-state index is 0.0156. The molecule has 2 aromatic rings. The molecule has 19 heavy (non-hydrogen) atoms. The van der Waals surface area contributed by atoms with Crippen LogP contribution in [0.4, 0.5) is 0 Å². The van der Waals surface area contributed by atoms with E-state index < -0.39 is 0 Å². The van der Waals surface area contributed by atoms with Crippen LogP contribution in [0.25, 0.3) is 11.0 Å². The summed E-state index contributed by atoms with van der Waals surface area (Å²) in [4.78, 5) is 16.6. The van der Waals surface area contributed by atoms with Crippen LogP contribution < -0.4 is 0 Å². The van der Waals surface area contributed by atoms with Crippen LogP contribution in [-0.4, -0.2) is 48.9 Å². The van der Waals surface area contributed by atoms with Gasteiger partial charge in [0.1, 0.15) is 5.58 Å². The number of hydrogen-bond acceptors (Lipinski definition) is 3. The highest BCUT2D eigenvalue weighted by atomic mass is 16.3. The average molecular weight is 258 g/mol. The lowest BCUT2D eigenvalue weighted by Crippen LogP contribution is -2.47. The number of carbonyl (C=O) groups is 1. The lowest BCUT2D eigenvalue weighted by molar-refractivity contribution is 0.0634. The van der Waals surface area contributed by atoms with Gasteiger partial charge < -0.3 is 14.2 Å². The molecule has 0 bridgehead atoms. The van der Waals surface area contributed by atoms with Gasteiger partial charge in [0.15, 0.2) is 5.76 Å². The molecule has 1 amide bonds. The van der Waals surface area contributed by atoms with Gasteiger partial charge in [-0.3, -0.25) is 4.79 Å². The number of fused-ring (bicyclic) bond motifs is 1. The first kappa shape index (κ1) is 12.2. The fourth-order valence-corrected chi connectivity index (χ4v) is 2.53. The highest BCUT2D eigenvalue weighted by Gasteiger charge is 2.25. The van der Waals surface area contributed by atoms with Crippen molar-refractivity contribution in [3.05, 3.63) is 35.6 Å². The van der Waals surface area contributed by atoms with Crippen LogP contribution in [0.15, 0.2) is 28.7 Å². The fourth-order valence-electron chi connectivity index (χ4n) is 2.53. The van der Waals surface area contributed by atoms with Gasteiger partial charge in [0.05, 0.1) is 0 Å². The molecule has 0 aliphatic carbocycles. The lowest BCUT2D eigenvalue weighted by Gasteiger charge is -2.31. The molecule has 0 spiro atoms. The SMILES string of the molecule is Cc1c(C(=O)N2CCN(C)CC2)oc2ccccc12. The molecule has 1 saturated heterocycles. The molecule has 4 nitrogen and oxygen atoms in total. The molecule has 1 aliphatic heterocycles. The topological polar surface area (TPSA) is 36.7 Å². The Morgan fingerprint density at radius 2 is 1.84 bits per heavy atom. The van der Waals surface area contributed by atoms with Crippen LogP contribution in [-0.2, 0) is 0 Å². The molecule has 2 heterocycles. The van der Waals surface area contributed by atoms with E-state index in [4.69, 9.17) is 4.42 Å². The second-order valence-electron chi connectivity index (χ2n) is 5.15. The summed E-state index contributed by atoms with van der Waals surface area (Å²) in [6, 6.07) is 7.79. The third kappa shape index (κ3) is 2.12. The molecule has 1 aromatic carbocycles. The minimum Gasteiger partial charge on any atom is -0.451 e. The van der Waals surface area contributed by atoms with Crippen molar-refractivity contribution < 1.29 is 9.21 Å². The van der Waals surface area contributed by atoms with E-state index in [-0.39, 0.29) is 5.91 Å². The Balaban J connectivity index is 1.91. The van der Waals surface area contributed by atoms with E-state index in [9.17, 15) is 4.79 Å². The lowest BCUT2D eigenvalue weighted by atomic mass is 10.1. The summed E-state index contributed by atoms with van der Waals surface area (Å²) in [6.45, 7) is 5.34. The predicted molar refractivity (Wildman–Crippen MR) is 74.4 cm³/mol. The zero-order valence-electron chi connectivity index (χ0n) is 11.3. The van der Waals surface area contributed by atoms with E-state index in [1.807, 2.05) is 36.1 Å². The van der Waals surface area contributed by atoms with E-state index in [1.165, 1.54) is 0 Å². The van der Waals surface area contributed by atoms with Crippen LogP contribution in [0.5, 0.6) is 0 Å². The molecule has 1 fully saturated rings. The molecule has 1 aromatic heterocycles. The number of amides is 1. The van der Waals surface area contributed by atoms with E-state index >= 15 is 0 Å². The number of nitrogens with zero attached hydrogens (tertiary/aromatic N) is 2. The molecule has 0 saturated carbocycles. The van der Waals surface area contributed by atoms with E-state index in [0.717, 1.165) is 42.7 Å². The maximum absolute atomic E-state index is 12.5. The maximum Gasteiger partial charge on any atom is 0.289 e. The van der Waals surface area contributed by atoms with Crippen LogP contribution in [0.3, 0.4) is 0 Å². The van der Waals surface area contributed by atoms with Crippen LogP contribution in [0.2, 0.25) is 0 Å². The monoisotopic (exact) mass is 258 g/mol. The molecule has 0 unspecified atom stereocenters. The summed E-state index contributed by atoms with van der Waals surface area (Å²) >= 11 is 0. The predicted octanol–water partition coefficient (Wildman–Crippen LogP) is 2.13. The summed E-state index contributed by atoms with van der Waals surface area (Å²) in [7, 11) is 2.08. The normalized spacial score (nSPS) is 17.1. The molecule has 0 radical (unpaired) electrons. The van der Waals surface area contributed by atoms with E-state index in [1.54, 1.807) is 0 Å². The van der Waals surface area contributed by atoms with Crippen molar-refractivity contribution in [3.63, 3.8) is 0 Å². The summed E-state index contributed by atoms with van der Waals surface area (Å²) in [6.07, 6.45) is 0. The number of para-hydroxylation sites is 1. The van der Waals surface area contributed by atoms with Gasteiger partial charge >= 0.3 is 0 Å². The van der Waals surface area contributed by atoms with Crippen molar-refractivity contribution in [1.29, 1.82) is 0 Å². The number of piperazine rings is 1. The van der Waals surface area contributed by atoms with Gasteiger partial charge in [-0.2, -0.15) is 0 Å². The first-order valence-corrected chi connectivity index (χ1v) is 6.63. The number of likely N-dealkylation sites (N-methyl/N-ethyl adjacent to an activating group) is 1. The molecule has 1 aliphatic rings. The Hall–Kier alpha value is -1.81. The first-order chi connectivity index (χ1) is 9.16. The maximum atomic E-state index is 12.5. The van der Waals surface area contributed by atoms with Gasteiger partial charge in [0, 0.05) is 37.1 Å². The molecule has 3 rings (SSSR count). The van der Waals surface area contributed by atoms with Gasteiger partial charge in [-0.1, -0.05) is 18.2 Å². The largest absolute Gasteiger partial charge is 0.451 e. The summed E-state index contributed by atoms with van der Waals surface area (Å²) in [5.41, 5.74) is 1.73. The summed E-state index contributed by atoms with van der Waals surface area (Å²) in [5.74, 6) is 0.507. The summed E-state index contributed by atoms with van der Waals surface area (Å²) in [5, 5.41) is 1.03. The molecule has 100 valence electrons. The van der Waals surface area contributed by atoms with Gasteiger partial charge in [-0.05, 0) is 20.0 Å². The molecule has 4 heteroatoms. The highest BCUT2D eigenvalue weighted by Crippen LogP contribution is 2.26. The Kier molecular flexibility index (Phi) is 3.03. The number of benzene rings is 1. The minimum absolute atomic E-state index is 0.0156. The Bertz CT molecular complexity index is 610. The second kappa shape index (κ2) is 4.70. The Morgan fingerprint density at radius 3 is 2.53 bits per heavy atom. The molecule has 0 N–H and O–H groups in total. The average Bonchev–Trinajstić information content (AvgIpc) is 2.77. The zero-order valence-corrected chi connectivity index (χ0v) is 11.3. The van der Waals surface area contributed by atoms with Crippen molar-refractivity contribution in [1.82, 2.24) is 9.80 Å². The molecular formula is C15H18N2O2. The standard InChI is InChI=1S/C15H18N2O2/c1-11-12-5-3-4-6-13(12)19-14(11)15(18)17-9-7-16(2)8-10-17/h3-6H,7-10H2,1-2H3. The van der Waals surface area contributed by atoms with E-state index in [0.29, 0.717) is 5.76 Å². The fraction of sp³-hybridized carbons (Fsp3) is 0.400. The van der Waals surface area contributed by atoms with Crippen LogP contribution >= 0.6 is 0 Å². The molecular weight excluding hydrogens is 240 g/mol. The van der Waals surface area contributed by atoms with Crippen LogP contribution in [0.1, 0.15) is 16.1 Å². The van der Waals surface area contributed by atoms with Crippen molar-refractivity contribution >= 4 is 16.9 Å². The Labute approximate surface area is 112 Å². The molecule has 0 atom stereocenters. The number of aryl methyl sites for hydroxylation is 1.